The van der Waals surface area contributed by atoms with Gasteiger partial charge in [-0.25, -0.2) is 14.4 Å². The van der Waals surface area contributed by atoms with Gasteiger partial charge in [-0.15, -0.1) is 0 Å². The summed E-state index contributed by atoms with van der Waals surface area (Å²) in [6, 6.07) is 49.4. The van der Waals surface area contributed by atoms with Crippen LogP contribution in [0, 0.1) is 5.82 Å². The Hall–Kier alpha value is -5.87. The zero-order valence-electron chi connectivity index (χ0n) is 23.6. The van der Waals surface area contributed by atoms with E-state index in [1.807, 2.05) is 78.9 Å². The fourth-order valence-corrected chi connectivity index (χ4v) is 5.81. The van der Waals surface area contributed by atoms with Crippen molar-refractivity contribution >= 4 is 21.9 Å². The number of hydrogen-bond donors (Lipinski definition) is 0. The Morgan fingerprint density at radius 2 is 1.05 bits per heavy atom. The van der Waals surface area contributed by atoms with Gasteiger partial charge >= 0.3 is 0 Å². The summed E-state index contributed by atoms with van der Waals surface area (Å²) in [5.41, 5.74) is 9.65. The molecule has 8 rings (SSSR count). The van der Waals surface area contributed by atoms with Gasteiger partial charge in [-0.2, -0.15) is 0 Å². The monoisotopic (exact) mass is 568 g/mol. The summed E-state index contributed by atoms with van der Waals surface area (Å²) in [6.45, 7) is 0. The first-order chi connectivity index (χ1) is 21.7. The maximum Gasteiger partial charge on any atom is 0.160 e. The van der Waals surface area contributed by atoms with Crippen molar-refractivity contribution in [3.8, 4) is 56.2 Å². The van der Waals surface area contributed by atoms with Gasteiger partial charge < -0.3 is 4.42 Å². The Balaban J connectivity index is 1.39. The van der Waals surface area contributed by atoms with Crippen molar-refractivity contribution in [1.82, 2.24) is 9.97 Å². The van der Waals surface area contributed by atoms with Gasteiger partial charge in [-0.05, 0) is 59.2 Å². The number of fused-ring (bicyclic) bond motifs is 3. The number of hydrogen-bond acceptors (Lipinski definition) is 3. The van der Waals surface area contributed by atoms with E-state index < -0.39 is 0 Å². The zero-order chi connectivity index (χ0) is 29.5. The van der Waals surface area contributed by atoms with Crippen molar-refractivity contribution in [2.45, 2.75) is 0 Å². The molecule has 0 aliphatic rings. The van der Waals surface area contributed by atoms with E-state index in [4.69, 9.17) is 14.4 Å². The van der Waals surface area contributed by atoms with Crippen LogP contribution in [-0.4, -0.2) is 9.97 Å². The summed E-state index contributed by atoms with van der Waals surface area (Å²) in [5, 5.41) is 2.12. The molecule has 4 heteroatoms. The lowest BCUT2D eigenvalue weighted by molar-refractivity contribution is 0.628. The van der Waals surface area contributed by atoms with Gasteiger partial charge in [0, 0.05) is 33.0 Å². The first-order valence-electron chi connectivity index (χ1n) is 14.5. The Morgan fingerprint density at radius 1 is 0.432 bits per heavy atom. The molecule has 0 atom stereocenters. The quantitative estimate of drug-likeness (QED) is 0.207. The molecule has 2 heterocycles. The summed E-state index contributed by atoms with van der Waals surface area (Å²) in [5.74, 6) is 0.354. The second-order valence-corrected chi connectivity index (χ2v) is 10.8. The van der Waals surface area contributed by atoms with Crippen LogP contribution in [0.25, 0.3) is 78.1 Å². The number of furan rings is 1. The number of para-hydroxylation sites is 2. The lowest BCUT2D eigenvalue weighted by Gasteiger charge is -2.13. The van der Waals surface area contributed by atoms with Gasteiger partial charge in [-0.3, -0.25) is 0 Å². The largest absolute Gasteiger partial charge is 0.455 e. The summed E-state index contributed by atoms with van der Waals surface area (Å²) in [7, 11) is 0. The van der Waals surface area contributed by atoms with E-state index in [0.717, 1.165) is 72.3 Å². The maximum absolute atomic E-state index is 14.5. The second kappa shape index (κ2) is 10.8. The van der Waals surface area contributed by atoms with Gasteiger partial charge in [0.1, 0.15) is 17.0 Å². The lowest BCUT2D eigenvalue weighted by Crippen LogP contribution is -1.96. The molecule has 0 saturated heterocycles. The predicted octanol–water partition coefficient (Wildman–Crippen LogP) is 10.9. The van der Waals surface area contributed by atoms with Crippen molar-refractivity contribution < 1.29 is 8.81 Å². The number of nitrogens with zero attached hydrogens (tertiary/aromatic N) is 2. The van der Waals surface area contributed by atoms with Crippen LogP contribution in [0.4, 0.5) is 4.39 Å². The SMILES string of the molecule is Fc1cccc(-c2cc(-c3cc(-c4ccccc4)nc(-c4ccccc4)n3)cc(-c3cccc4c3oc3ccccc34)c2)c1. The Morgan fingerprint density at radius 3 is 1.84 bits per heavy atom. The molecule has 0 aliphatic carbocycles. The van der Waals surface area contributed by atoms with Crippen LogP contribution >= 0.6 is 0 Å². The average molecular weight is 569 g/mol. The van der Waals surface area contributed by atoms with Crippen molar-refractivity contribution in [2.75, 3.05) is 0 Å². The molecule has 3 nitrogen and oxygen atoms in total. The molecule has 0 N–H and O–H groups in total. The van der Waals surface area contributed by atoms with E-state index in [0.29, 0.717) is 5.82 Å². The first-order valence-corrected chi connectivity index (χ1v) is 14.5. The highest BCUT2D eigenvalue weighted by Crippen LogP contribution is 2.39. The van der Waals surface area contributed by atoms with Crippen LogP contribution in [0.15, 0.2) is 156 Å². The molecule has 0 aliphatic heterocycles. The van der Waals surface area contributed by atoms with Crippen LogP contribution in [0.5, 0.6) is 0 Å². The Labute approximate surface area is 253 Å². The standard InChI is InChI=1S/C40H25FN2O/c41-32-16-9-15-28(24-32)29-21-30(33-18-10-19-35-34-17-7-8-20-38(34)44-39(33)35)23-31(22-29)37-25-36(26-11-3-1-4-12-26)42-40(43-37)27-13-5-2-6-14-27/h1-25H. The molecule has 0 saturated carbocycles. The molecule has 0 radical (unpaired) electrons. The molecule has 0 unspecified atom stereocenters. The molecule has 0 spiro atoms. The van der Waals surface area contributed by atoms with Crippen molar-refractivity contribution in [2.24, 2.45) is 0 Å². The van der Waals surface area contributed by atoms with Crippen LogP contribution in [0.3, 0.4) is 0 Å². The van der Waals surface area contributed by atoms with E-state index in [9.17, 15) is 4.39 Å². The normalized spacial score (nSPS) is 11.3. The number of halogens is 1. The Bertz CT molecular complexity index is 2230. The van der Waals surface area contributed by atoms with E-state index >= 15 is 0 Å². The molecule has 2 aromatic heterocycles. The predicted molar refractivity (Wildman–Crippen MR) is 176 cm³/mol. The van der Waals surface area contributed by atoms with Crippen molar-refractivity contribution in [3.05, 3.63) is 157 Å². The molecule has 44 heavy (non-hydrogen) atoms. The summed E-state index contributed by atoms with van der Waals surface area (Å²) in [4.78, 5) is 10.0. The molecule has 8 aromatic rings. The third-order valence-electron chi connectivity index (χ3n) is 7.93. The summed E-state index contributed by atoms with van der Waals surface area (Å²) in [6.07, 6.45) is 0. The van der Waals surface area contributed by atoms with Gasteiger partial charge in [-0.1, -0.05) is 109 Å². The topological polar surface area (TPSA) is 38.9 Å². The first kappa shape index (κ1) is 25.8. The van der Waals surface area contributed by atoms with Gasteiger partial charge in [0.2, 0.25) is 0 Å². The highest BCUT2D eigenvalue weighted by molar-refractivity contribution is 6.09. The van der Waals surface area contributed by atoms with Crippen LogP contribution in [0.1, 0.15) is 0 Å². The number of benzene rings is 6. The molecule has 0 fully saturated rings. The molecule has 208 valence electrons. The molecule has 0 amide bonds. The lowest BCUT2D eigenvalue weighted by atomic mass is 9.93. The second-order valence-electron chi connectivity index (χ2n) is 10.8. The van der Waals surface area contributed by atoms with E-state index in [1.54, 1.807) is 12.1 Å². The summed E-state index contributed by atoms with van der Waals surface area (Å²) >= 11 is 0. The number of aromatic nitrogens is 2. The third-order valence-corrected chi connectivity index (χ3v) is 7.93. The fourth-order valence-electron chi connectivity index (χ4n) is 5.81. The van der Waals surface area contributed by atoms with Gasteiger partial charge in [0.25, 0.3) is 0 Å². The average Bonchev–Trinajstić information content (AvgIpc) is 3.48. The van der Waals surface area contributed by atoms with Crippen molar-refractivity contribution in [1.29, 1.82) is 0 Å². The fraction of sp³-hybridized carbons (Fsp3) is 0. The van der Waals surface area contributed by atoms with Gasteiger partial charge in [0.15, 0.2) is 5.82 Å². The Kier molecular flexibility index (Phi) is 6.31. The molecular formula is C40H25FN2O. The van der Waals surface area contributed by atoms with Crippen LogP contribution in [0.2, 0.25) is 0 Å². The highest BCUT2D eigenvalue weighted by Gasteiger charge is 2.16. The molecule has 6 aromatic carbocycles. The van der Waals surface area contributed by atoms with Gasteiger partial charge in [0.05, 0.1) is 11.4 Å². The number of rotatable bonds is 5. The minimum Gasteiger partial charge on any atom is -0.455 e. The van der Waals surface area contributed by atoms with Crippen LogP contribution < -0.4 is 0 Å². The molecular weight excluding hydrogens is 543 g/mol. The van der Waals surface area contributed by atoms with E-state index in [1.165, 1.54) is 6.07 Å². The smallest absolute Gasteiger partial charge is 0.160 e. The highest BCUT2D eigenvalue weighted by atomic mass is 19.1. The molecule has 0 bridgehead atoms. The maximum atomic E-state index is 14.5. The van der Waals surface area contributed by atoms with Crippen LogP contribution in [-0.2, 0) is 0 Å². The zero-order valence-corrected chi connectivity index (χ0v) is 23.6. The van der Waals surface area contributed by atoms with E-state index in [-0.39, 0.29) is 5.82 Å². The van der Waals surface area contributed by atoms with Crippen molar-refractivity contribution in [3.63, 3.8) is 0 Å². The van der Waals surface area contributed by atoms with E-state index in [2.05, 4.69) is 54.6 Å². The summed E-state index contributed by atoms with van der Waals surface area (Å²) < 4.78 is 20.9. The minimum absolute atomic E-state index is 0.284. The third kappa shape index (κ3) is 4.73. The minimum atomic E-state index is -0.284.